The molecule has 1 aliphatic rings. The van der Waals surface area contributed by atoms with Gasteiger partial charge in [0.25, 0.3) is 11.8 Å². The van der Waals surface area contributed by atoms with Gasteiger partial charge in [-0.25, -0.2) is 4.98 Å². The number of carbonyl (C=O) groups excluding carboxylic acids is 2. The van der Waals surface area contributed by atoms with E-state index in [1.165, 1.54) is 7.11 Å². The molecule has 0 aliphatic heterocycles. The Hall–Kier alpha value is -4.87. The van der Waals surface area contributed by atoms with Gasteiger partial charge in [-0.3, -0.25) is 14.6 Å². The number of pyridine rings is 2. The molecule has 1 unspecified atom stereocenters. The number of anilines is 2. The Morgan fingerprint density at radius 2 is 1.90 bits per heavy atom. The van der Waals surface area contributed by atoms with Crippen LogP contribution in [0.1, 0.15) is 58.9 Å². The fourth-order valence-corrected chi connectivity index (χ4v) is 4.53. The quantitative estimate of drug-likeness (QED) is 0.329. The van der Waals surface area contributed by atoms with Gasteiger partial charge in [-0.2, -0.15) is 5.26 Å². The van der Waals surface area contributed by atoms with Crippen LogP contribution < -0.4 is 10.6 Å². The van der Waals surface area contributed by atoms with Gasteiger partial charge in [-0.1, -0.05) is 36.4 Å². The van der Waals surface area contributed by atoms with Crippen LogP contribution in [0.3, 0.4) is 0 Å². The lowest BCUT2D eigenvalue weighted by Gasteiger charge is -2.18. The van der Waals surface area contributed by atoms with E-state index in [4.69, 9.17) is 4.74 Å². The summed E-state index contributed by atoms with van der Waals surface area (Å²) in [7, 11) is 1.47. The van der Waals surface area contributed by atoms with Gasteiger partial charge >= 0.3 is 0 Å². The molecule has 1 aromatic carbocycles. The number of benzene rings is 1. The number of methoxy groups -OCH3 is 1. The second-order valence-corrected chi connectivity index (χ2v) is 10.5. The number of ether oxygens (including phenoxy) is 1. The molecule has 0 fully saturated rings. The average Bonchev–Trinajstić information content (AvgIpc) is 3.15. The summed E-state index contributed by atoms with van der Waals surface area (Å²) in [4.78, 5) is 33.7. The molecule has 0 saturated heterocycles. The van der Waals surface area contributed by atoms with E-state index in [2.05, 4.69) is 51.5 Å². The lowest BCUT2D eigenvalue weighted by molar-refractivity contribution is -0.119. The van der Waals surface area contributed by atoms with Crippen LogP contribution in [0.5, 0.6) is 0 Å². The van der Waals surface area contributed by atoms with Crippen molar-refractivity contribution in [2.45, 2.75) is 38.5 Å². The molecule has 0 radical (unpaired) electrons. The Bertz CT molecular complexity index is 1600. The van der Waals surface area contributed by atoms with Crippen molar-refractivity contribution in [1.29, 1.82) is 5.26 Å². The second-order valence-electron chi connectivity index (χ2n) is 10.5. The highest BCUT2D eigenvalue weighted by molar-refractivity contribution is 6.04. The van der Waals surface area contributed by atoms with Gasteiger partial charge in [0.05, 0.1) is 17.2 Å². The number of allylic oxidation sites excluding steroid dienone is 5. The molecule has 8 nitrogen and oxygen atoms in total. The number of amides is 2. The molecule has 2 amide bonds. The highest BCUT2D eigenvalue weighted by Gasteiger charge is 2.23. The van der Waals surface area contributed by atoms with Crippen molar-refractivity contribution in [3.8, 4) is 6.07 Å². The van der Waals surface area contributed by atoms with E-state index in [-0.39, 0.29) is 24.3 Å². The molecular formula is C33H33N5O3. The summed E-state index contributed by atoms with van der Waals surface area (Å²) < 4.78 is 4.90. The predicted molar refractivity (Wildman–Crippen MR) is 160 cm³/mol. The van der Waals surface area contributed by atoms with E-state index in [9.17, 15) is 14.9 Å². The first kappa shape index (κ1) is 29.1. The SMILES string of the molecule is C=C1CC=CC(c2cc(NC(=O)c3ccnc(C(C)(C)C#N)c3)ccc2C)=CC1c1ccnc(NC(=O)COC)c1. The zero-order valence-corrected chi connectivity index (χ0v) is 23.7. The first-order valence-electron chi connectivity index (χ1n) is 13.2. The van der Waals surface area contributed by atoms with E-state index < -0.39 is 5.41 Å². The van der Waals surface area contributed by atoms with Crippen LogP contribution in [-0.2, 0) is 14.9 Å². The van der Waals surface area contributed by atoms with Crippen molar-refractivity contribution in [3.63, 3.8) is 0 Å². The Labute approximate surface area is 240 Å². The van der Waals surface area contributed by atoms with Crippen LogP contribution in [-0.4, -0.2) is 35.5 Å². The molecule has 0 saturated carbocycles. The predicted octanol–water partition coefficient (Wildman–Crippen LogP) is 6.11. The van der Waals surface area contributed by atoms with Gasteiger partial charge in [0.1, 0.15) is 12.4 Å². The molecule has 3 aromatic rings. The fourth-order valence-electron chi connectivity index (χ4n) is 4.53. The summed E-state index contributed by atoms with van der Waals surface area (Å²) in [5, 5.41) is 15.2. The molecule has 2 heterocycles. The van der Waals surface area contributed by atoms with Crippen molar-refractivity contribution in [2.24, 2.45) is 0 Å². The minimum absolute atomic E-state index is 0.0532. The van der Waals surface area contributed by atoms with Gasteiger partial charge in [0.2, 0.25) is 0 Å². The molecule has 208 valence electrons. The smallest absolute Gasteiger partial charge is 0.255 e. The van der Waals surface area contributed by atoms with Gasteiger partial charge in [0.15, 0.2) is 0 Å². The monoisotopic (exact) mass is 547 g/mol. The zero-order chi connectivity index (χ0) is 29.6. The van der Waals surface area contributed by atoms with E-state index in [0.717, 1.165) is 27.8 Å². The first-order chi connectivity index (χ1) is 19.6. The number of aromatic nitrogens is 2. The Kier molecular flexibility index (Phi) is 8.91. The van der Waals surface area contributed by atoms with E-state index in [0.29, 0.717) is 29.2 Å². The molecule has 2 N–H and O–H groups in total. The Morgan fingerprint density at radius 3 is 2.66 bits per heavy atom. The minimum Gasteiger partial charge on any atom is -0.375 e. The third kappa shape index (κ3) is 7.02. The van der Waals surface area contributed by atoms with Crippen LogP contribution in [0.4, 0.5) is 11.5 Å². The normalized spacial score (nSPS) is 15.0. The van der Waals surface area contributed by atoms with E-state index in [1.54, 1.807) is 38.4 Å². The standard InChI is InChI=1S/C33H33N5O3/c1-21-7-6-8-23(15-27(21)24-11-14-36-30(17-24)38-31(39)19-41-5)28-18-26(10-9-22(28)2)37-32(40)25-12-13-35-29(16-25)33(3,4)20-34/h6,8-18,27H,1,7,19H2,2-5H3,(H,37,40)(H,36,38,39). The summed E-state index contributed by atoms with van der Waals surface area (Å²) in [6.07, 6.45) is 10.2. The molecule has 1 aliphatic carbocycles. The number of rotatable bonds is 8. The van der Waals surface area contributed by atoms with Crippen molar-refractivity contribution in [1.82, 2.24) is 9.97 Å². The molecule has 2 aromatic heterocycles. The number of aryl methyl sites for hydroxylation is 1. The maximum atomic E-state index is 13.1. The van der Waals surface area contributed by atoms with Crippen molar-refractivity contribution >= 4 is 28.9 Å². The lowest BCUT2D eigenvalue weighted by atomic mass is 9.88. The molecular weight excluding hydrogens is 514 g/mol. The Balaban J connectivity index is 1.62. The van der Waals surface area contributed by atoms with Crippen molar-refractivity contribution in [3.05, 3.63) is 113 Å². The van der Waals surface area contributed by atoms with Crippen LogP contribution in [0.15, 0.2) is 85.2 Å². The summed E-state index contributed by atoms with van der Waals surface area (Å²) in [5.41, 5.74) is 5.78. The van der Waals surface area contributed by atoms with Crippen LogP contribution in [0.25, 0.3) is 5.57 Å². The summed E-state index contributed by atoms with van der Waals surface area (Å²) in [5.74, 6) is -0.227. The van der Waals surface area contributed by atoms with E-state index in [1.807, 2.05) is 37.3 Å². The zero-order valence-electron chi connectivity index (χ0n) is 23.7. The van der Waals surface area contributed by atoms with Crippen LogP contribution in [0, 0.1) is 18.3 Å². The maximum absolute atomic E-state index is 13.1. The third-order valence-corrected chi connectivity index (χ3v) is 6.90. The third-order valence-electron chi connectivity index (χ3n) is 6.90. The minimum atomic E-state index is -0.808. The van der Waals surface area contributed by atoms with Gasteiger partial charge in [-0.15, -0.1) is 0 Å². The number of nitriles is 1. The van der Waals surface area contributed by atoms with Crippen LogP contribution in [0.2, 0.25) is 0 Å². The summed E-state index contributed by atoms with van der Waals surface area (Å²) in [6, 6.07) is 15.1. The number of carbonyl (C=O) groups is 2. The number of hydrogen-bond donors (Lipinski definition) is 2. The highest BCUT2D eigenvalue weighted by atomic mass is 16.5. The molecule has 4 rings (SSSR count). The largest absolute Gasteiger partial charge is 0.375 e. The Morgan fingerprint density at radius 1 is 1.12 bits per heavy atom. The highest BCUT2D eigenvalue weighted by Crippen LogP contribution is 2.36. The fraction of sp³-hybridized carbons (Fsp3) is 0.242. The van der Waals surface area contributed by atoms with Gasteiger partial charge in [0, 0.05) is 36.7 Å². The van der Waals surface area contributed by atoms with Gasteiger partial charge < -0.3 is 15.4 Å². The van der Waals surface area contributed by atoms with Gasteiger partial charge in [-0.05, 0) is 85.9 Å². The molecule has 0 spiro atoms. The number of nitrogens with one attached hydrogen (secondary N) is 2. The molecule has 41 heavy (non-hydrogen) atoms. The van der Waals surface area contributed by atoms with E-state index >= 15 is 0 Å². The lowest BCUT2D eigenvalue weighted by Crippen LogP contribution is -2.18. The van der Waals surface area contributed by atoms with Crippen molar-refractivity contribution in [2.75, 3.05) is 24.4 Å². The maximum Gasteiger partial charge on any atom is 0.255 e. The average molecular weight is 548 g/mol. The second kappa shape index (κ2) is 12.5. The summed E-state index contributed by atoms with van der Waals surface area (Å²) in [6.45, 7) is 9.83. The van der Waals surface area contributed by atoms with Crippen molar-refractivity contribution < 1.29 is 14.3 Å². The van der Waals surface area contributed by atoms with Crippen LogP contribution >= 0.6 is 0 Å². The summed E-state index contributed by atoms with van der Waals surface area (Å²) >= 11 is 0. The molecule has 1 atom stereocenters. The topological polar surface area (TPSA) is 117 Å². The number of hydrogen-bond acceptors (Lipinski definition) is 6. The molecule has 0 bridgehead atoms. The first-order valence-corrected chi connectivity index (χ1v) is 13.2. The number of nitrogens with zero attached hydrogens (tertiary/aromatic N) is 3. The molecule has 8 heteroatoms.